The Morgan fingerprint density at radius 2 is 1.74 bits per heavy atom. The van der Waals surface area contributed by atoms with E-state index in [2.05, 4.69) is 10.5 Å². The minimum Gasteiger partial charge on any atom is -0.489 e. The number of ether oxygens (including phenoxy) is 1. The third-order valence-corrected chi connectivity index (χ3v) is 5.74. The van der Waals surface area contributed by atoms with Crippen molar-refractivity contribution < 1.29 is 18.7 Å². The van der Waals surface area contributed by atoms with Gasteiger partial charge in [0.15, 0.2) is 0 Å². The third kappa shape index (κ3) is 6.28. The molecule has 2 amide bonds. The van der Waals surface area contributed by atoms with Gasteiger partial charge in [-0.15, -0.1) is 0 Å². The lowest BCUT2D eigenvalue weighted by Gasteiger charge is -2.31. The van der Waals surface area contributed by atoms with E-state index in [1.165, 1.54) is 24.3 Å². The van der Waals surface area contributed by atoms with Crippen LogP contribution in [0.4, 0.5) is 4.39 Å². The number of benzene rings is 3. The maximum Gasteiger partial charge on any atom is 0.253 e. The Labute approximate surface area is 198 Å². The van der Waals surface area contributed by atoms with Crippen LogP contribution in [0.25, 0.3) is 0 Å². The fourth-order valence-electron chi connectivity index (χ4n) is 3.81. The van der Waals surface area contributed by atoms with Crippen LogP contribution in [0.5, 0.6) is 5.75 Å². The van der Waals surface area contributed by atoms with Crippen LogP contribution in [0.3, 0.4) is 0 Å². The Bertz CT molecular complexity index is 1140. The van der Waals surface area contributed by atoms with E-state index in [0.29, 0.717) is 38.1 Å². The maximum atomic E-state index is 13.1. The van der Waals surface area contributed by atoms with Crippen LogP contribution >= 0.6 is 0 Å². The number of carbonyl (C=O) groups is 2. The zero-order valence-corrected chi connectivity index (χ0v) is 18.7. The molecule has 3 aromatic rings. The number of nitrogens with zero attached hydrogens (tertiary/aromatic N) is 2. The van der Waals surface area contributed by atoms with Gasteiger partial charge in [0, 0.05) is 24.6 Å². The van der Waals surface area contributed by atoms with Crippen LogP contribution in [-0.4, -0.2) is 36.0 Å². The van der Waals surface area contributed by atoms with E-state index < -0.39 is 0 Å². The van der Waals surface area contributed by atoms with Crippen LogP contribution in [0.1, 0.15) is 34.3 Å². The van der Waals surface area contributed by atoms with Gasteiger partial charge in [0.1, 0.15) is 18.2 Å². The van der Waals surface area contributed by atoms with Crippen LogP contribution in [-0.2, 0) is 11.4 Å². The Morgan fingerprint density at radius 1 is 1.00 bits per heavy atom. The highest BCUT2D eigenvalue weighted by Crippen LogP contribution is 2.20. The number of nitrogens with one attached hydrogen (secondary N) is 1. The summed E-state index contributed by atoms with van der Waals surface area (Å²) in [5.74, 6) is -0.181. The molecule has 7 heteroatoms. The number of carbonyl (C=O) groups excluding carboxylic acids is 2. The second kappa shape index (κ2) is 11.2. The summed E-state index contributed by atoms with van der Waals surface area (Å²) in [5, 5.41) is 4.09. The molecule has 0 bridgehead atoms. The molecule has 0 radical (unpaired) electrons. The van der Waals surface area contributed by atoms with Crippen molar-refractivity contribution in [2.75, 3.05) is 13.1 Å². The molecule has 1 aliphatic rings. The van der Waals surface area contributed by atoms with Crippen molar-refractivity contribution >= 4 is 18.0 Å². The number of rotatable bonds is 7. The molecule has 0 spiro atoms. The molecular weight excluding hydrogens is 433 g/mol. The van der Waals surface area contributed by atoms with Crippen molar-refractivity contribution in [2.45, 2.75) is 19.4 Å². The number of piperidine rings is 1. The second-order valence-electron chi connectivity index (χ2n) is 8.15. The Balaban J connectivity index is 1.23. The molecule has 1 heterocycles. The van der Waals surface area contributed by atoms with E-state index >= 15 is 0 Å². The van der Waals surface area contributed by atoms with Gasteiger partial charge >= 0.3 is 0 Å². The second-order valence-corrected chi connectivity index (χ2v) is 8.15. The van der Waals surface area contributed by atoms with Gasteiger partial charge in [-0.05, 0) is 60.4 Å². The first-order chi connectivity index (χ1) is 16.6. The highest BCUT2D eigenvalue weighted by Gasteiger charge is 2.27. The van der Waals surface area contributed by atoms with E-state index in [4.69, 9.17) is 4.74 Å². The van der Waals surface area contributed by atoms with E-state index in [1.807, 2.05) is 54.6 Å². The van der Waals surface area contributed by atoms with Crippen molar-refractivity contribution in [1.29, 1.82) is 0 Å². The molecule has 1 saturated heterocycles. The standard InChI is InChI=1S/C27H26FN3O3/c28-24-11-9-23(10-12-24)27(33)31-15-13-22(14-16-31)26(32)30-29-18-21-7-4-8-25(17-21)34-19-20-5-2-1-3-6-20/h1-12,17-18,22H,13-16,19H2,(H,30,32)/b29-18-. The topological polar surface area (TPSA) is 71.0 Å². The zero-order valence-electron chi connectivity index (χ0n) is 18.7. The molecule has 0 atom stereocenters. The predicted octanol–water partition coefficient (Wildman–Crippen LogP) is 4.41. The summed E-state index contributed by atoms with van der Waals surface area (Å²) in [6.45, 7) is 1.41. The smallest absolute Gasteiger partial charge is 0.253 e. The molecule has 0 unspecified atom stereocenters. The maximum absolute atomic E-state index is 13.1. The van der Waals surface area contributed by atoms with Crippen molar-refractivity contribution in [3.63, 3.8) is 0 Å². The van der Waals surface area contributed by atoms with E-state index in [1.54, 1.807) is 11.1 Å². The Kier molecular flexibility index (Phi) is 7.65. The SMILES string of the molecule is O=C(N/N=C\c1cccc(OCc2ccccc2)c1)C1CCN(C(=O)c2ccc(F)cc2)CC1. The molecule has 174 valence electrons. The number of halogens is 1. The average molecular weight is 460 g/mol. The Hall–Kier alpha value is -4.00. The number of hydrogen-bond donors (Lipinski definition) is 1. The molecule has 6 nitrogen and oxygen atoms in total. The lowest BCUT2D eigenvalue weighted by atomic mass is 9.95. The first-order valence-electron chi connectivity index (χ1n) is 11.2. The van der Waals surface area contributed by atoms with Crippen LogP contribution in [0.15, 0.2) is 84.0 Å². The predicted molar refractivity (Wildman–Crippen MR) is 128 cm³/mol. The fraction of sp³-hybridized carbons (Fsp3) is 0.222. The monoisotopic (exact) mass is 459 g/mol. The molecule has 0 aromatic heterocycles. The first kappa shape index (κ1) is 23.2. The van der Waals surface area contributed by atoms with Crippen molar-refractivity contribution in [2.24, 2.45) is 11.0 Å². The number of hydrogen-bond acceptors (Lipinski definition) is 4. The zero-order chi connectivity index (χ0) is 23.8. The van der Waals surface area contributed by atoms with Gasteiger partial charge in [-0.2, -0.15) is 5.10 Å². The lowest BCUT2D eigenvalue weighted by Crippen LogP contribution is -2.42. The fourth-order valence-corrected chi connectivity index (χ4v) is 3.81. The average Bonchev–Trinajstić information content (AvgIpc) is 2.88. The summed E-state index contributed by atoms with van der Waals surface area (Å²) < 4.78 is 18.9. The van der Waals surface area contributed by atoms with Crippen molar-refractivity contribution in [1.82, 2.24) is 10.3 Å². The normalized spacial score (nSPS) is 14.2. The van der Waals surface area contributed by atoms with Gasteiger partial charge in [0.05, 0.1) is 6.21 Å². The molecule has 1 fully saturated rings. The van der Waals surface area contributed by atoms with Gasteiger partial charge < -0.3 is 9.64 Å². The highest BCUT2D eigenvalue weighted by atomic mass is 19.1. The van der Waals surface area contributed by atoms with E-state index in [-0.39, 0.29) is 23.5 Å². The summed E-state index contributed by atoms with van der Waals surface area (Å²) in [6.07, 6.45) is 2.69. The van der Waals surface area contributed by atoms with Crippen LogP contribution < -0.4 is 10.2 Å². The Morgan fingerprint density at radius 3 is 2.47 bits per heavy atom. The lowest BCUT2D eigenvalue weighted by molar-refractivity contribution is -0.126. The molecule has 0 aliphatic carbocycles. The molecule has 4 rings (SSSR count). The number of hydrazone groups is 1. The summed E-state index contributed by atoms with van der Waals surface area (Å²) in [6, 6.07) is 22.9. The molecular formula is C27H26FN3O3. The van der Waals surface area contributed by atoms with Crippen LogP contribution in [0.2, 0.25) is 0 Å². The minimum atomic E-state index is -0.376. The summed E-state index contributed by atoms with van der Waals surface area (Å²) in [7, 11) is 0. The van der Waals surface area contributed by atoms with Crippen LogP contribution in [0, 0.1) is 11.7 Å². The molecule has 34 heavy (non-hydrogen) atoms. The number of amides is 2. The van der Waals surface area contributed by atoms with Gasteiger partial charge in [0.25, 0.3) is 5.91 Å². The van der Waals surface area contributed by atoms with Crippen molar-refractivity contribution in [3.8, 4) is 5.75 Å². The molecule has 1 N–H and O–H groups in total. The van der Waals surface area contributed by atoms with E-state index in [0.717, 1.165) is 16.9 Å². The summed E-state index contributed by atoms with van der Waals surface area (Å²) >= 11 is 0. The minimum absolute atomic E-state index is 0.147. The molecule has 1 aliphatic heterocycles. The van der Waals surface area contributed by atoms with Gasteiger partial charge in [-0.25, -0.2) is 9.82 Å². The number of likely N-dealkylation sites (tertiary alicyclic amines) is 1. The highest BCUT2D eigenvalue weighted by molar-refractivity contribution is 5.94. The van der Waals surface area contributed by atoms with Gasteiger partial charge in [-0.3, -0.25) is 9.59 Å². The largest absolute Gasteiger partial charge is 0.489 e. The first-order valence-corrected chi connectivity index (χ1v) is 11.2. The molecule has 0 saturated carbocycles. The molecule has 3 aromatic carbocycles. The van der Waals surface area contributed by atoms with E-state index in [9.17, 15) is 14.0 Å². The van der Waals surface area contributed by atoms with Gasteiger partial charge in [-0.1, -0.05) is 42.5 Å². The quantitative estimate of drug-likeness (QED) is 0.420. The summed E-state index contributed by atoms with van der Waals surface area (Å²) in [5.41, 5.74) is 4.95. The summed E-state index contributed by atoms with van der Waals surface area (Å²) in [4.78, 5) is 26.7. The van der Waals surface area contributed by atoms with Gasteiger partial charge in [0.2, 0.25) is 5.91 Å². The third-order valence-electron chi connectivity index (χ3n) is 5.74. The van der Waals surface area contributed by atoms with Crippen molar-refractivity contribution in [3.05, 3.63) is 101 Å².